The van der Waals surface area contributed by atoms with Crippen LogP contribution in [0.15, 0.2) is 41.5 Å². The minimum absolute atomic E-state index is 0.00694. The van der Waals surface area contributed by atoms with Crippen LogP contribution < -0.4 is 5.56 Å². The van der Waals surface area contributed by atoms with Crippen molar-refractivity contribution in [2.24, 2.45) is 0 Å². The molecule has 0 aliphatic rings. The molecule has 0 aliphatic heterocycles. The molecule has 0 atom stereocenters. The molecule has 2 aromatic rings. The van der Waals surface area contributed by atoms with Crippen LogP contribution in [0.5, 0.6) is 0 Å². The average Bonchev–Trinajstić information content (AvgIpc) is 2.23. The van der Waals surface area contributed by atoms with Crippen LogP contribution in [-0.4, -0.2) is 9.97 Å². The van der Waals surface area contributed by atoms with E-state index in [4.69, 9.17) is 0 Å². The quantitative estimate of drug-likeness (QED) is 0.692. The fraction of sp³-hybridized carbons (Fsp3) is 0.167. The Morgan fingerprint density at radius 2 is 2.06 bits per heavy atom. The highest BCUT2D eigenvalue weighted by molar-refractivity contribution is 5.07. The molecular weight excluding hydrogens is 207 g/mol. The lowest BCUT2D eigenvalue weighted by molar-refractivity contribution is 0.582. The highest BCUT2D eigenvalue weighted by atomic mass is 19.1. The van der Waals surface area contributed by atoms with Crippen LogP contribution in [-0.2, 0) is 0 Å². The number of pyridine rings is 2. The summed E-state index contributed by atoms with van der Waals surface area (Å²) in [5.74, 6) is -0.412. The average molecular weight is 220 g/mol. The predicted octanol–water partition coefficient (Wildman–Crippen LogP) is 2.21. The molecule has 0 saturated heterocycles. The van der Waals surface area contributed by atoms with E-state index in [2.05, 4.69) is 9.97 Å². The minimum atomic E-state index is -0.412. The van der Waals surface area contributed by atoms with Crippen molar-refractivity contribution in [3.63, 3.8) is 0 Å². The summed E-state index contributed by atoms with van der Waals surface area (Å²) in [5, 5.41) is 0. The van der Waals surface area contributed by atoms with Crippen LogP contribution in [0.2, 0.25) is 0 Å². The van der Waals surface area contributed by atoms with Crippen molar-refractivity contribution in [2.45, 2.75) is 13.8 Å². The van der Waals surface area contributed by atoms with Crippen molar-refractivity contribution in [1.29, 1.82) is 0 Å². The number of aryl methyl sites for hydroxylation is 2. The Kier molecular flexibility index (Phi) is 4.39. The molecule has 0 fully saturated rings. The maximum absolute atomic E-state index is 12.1. The van der Waals surface area contributed by atoms with Gasteiger partial charge >= 0.3 is 0 Å². The van der Waals surface area contributed by atoms with Crippen LogP contribution in [0.25, 0.3) is 0 Å². The molecule has 2 aromatic heterocycles. The molecule has 0 aromatic carbocycles. The Labute approximate surface area is 93.0 Å². The van der Waals surface area contributed by atoms with E-state index in [1.807, 2.05) is 6.92 Å². The summed E-state index contributed by atoms with van der Waals surface area (Å²) in [4.78, 5) is 16.5. The Morgan fingerprint density at radius 3 is 2.44 bits per heavy atom. The SMILES string of the molecule is Cc1ccc[nH]c1=O.Cc1ccnc(F)c1. The van der Waals surface area contributed by atoms with Crippen LogP contribution in [0, 0.1) is 19.8 Å². The van der Waals surface area contributed by atoms with E-state index in [0.717, 1.165) is 11.1 Å². The summed E-state index contributed by atoms with van der Waals surface area (Å²) in [6.45, 7) is 3.60. The number of halogens is 1. The summed E-state index contributed by atoms with van der Waals surface area (Å²) in [6.07, 6.45) is 3.07. The van der Waals surface area contributed by atoms with Gasteiger partial charge < -0.3 is 4.98 Å². The highest BCUT2D eigenvalue weighted by Crippen LogP contribution is 1.95. The first-order valence-electron chi connectivity index (χ1n) is 4.82. The zero-order chi connectivity index (χ0) is 12.0. The lowest BCUT2D eigenvalue weighted by Crippen LogP contribution is -2.06. The van der Waals surface area contributed by atoms with Crippen LogP contribution in [0.4, 0.5) is 4.39 Å². The Hall–Kier alpha value is -1.97. The van der Waals surface area contributed by atoms with Gasteiger partial charge in [-0.1, -0.05) is 6.07 Å². The molecule has 0 saturated carbocycles. The van der Waals surface area contributed by atoms with Gasteiger partial charge in [-0.05, 0) is 37.6 Å². The molecule has 0 radical (unpaired) electrons. The standard InChI is InChI=1S/C6H6FN.C6H7NO/c1-5-2-3-8-6(7)4-5;1-5-3-2-4-7-6(5)8/h2-4H,1H3;2-4H,1H3,(H,7,8). The second kappa shape index (κ2) is 5.80. The van der Waals surface area contributed by atoms with Crippen molar-refractivity contribution >= 4 is 0 Å². The number of hydrogen-bond acceptors (Lipinski definition) is 2. The topological polar surface area (TPSA) is 45.8 Å². The molecule has 0 aliphatic carbocycles. The van der Waals surface area contributed by atoms with Gasteiger partial charge in [0.2, 0.25) is 5.95 Å². The van der Waals surface area contributed by atoms with Crippen molar-refractivity contribution in [1.82, 2.24) is 9.97 Å². The predicted molar refractivity (Wildman–Crippen MR) is 60.7 cm³/mol. The number of rotatable bonds is 0. The van der Waals surface area contributed by atoms with Gasteiger partial charge in [0.1, 0.15) is 0 Å². The third kappa shape index (κ3) is 4.04. The normalized spacial score (nSPS) is 9.19. The Balaban J connectivity index is 0.000000160. The molecule has 0 spiro atoms. The molecule has 16 heavy (non-hydrogen) atoms. The number of hydrogen-bond donors (Lipinski definition) is 1. The largest absolute Gasteiger partial charge is 0.329 e. The van der Waals surface area contributed by atoms with Gasteiger partial charge in [-0.15, -0.1) is 0 Å². The van der Waals surface area contributed by atoms with Crippen molar-refractivity contribution in [3.05, 3.63) is 64.1 Å². The van der Waals surface area contributed by atoms with Gasteiger partial charge in [0.25, 0.3) is 5.56 Å². The minimum Gasteiger partial charge on any atom is -0.329 e. The van der Waals surface area contributed by atoms with Gasteiger partial charge in [-0.3, -0.25) is 4.79 Å². The summed E-state index contributed by atoms with van der Waals surface area (Å²) in [6, 6.07) is 6.72. The second-order valence-electron chi connectivity index (χ2n) is 3.34. The van der Waals surface area contributed by atoms with E-state index in [0.29, 0.717) is 0 Å². The fourth-order valence-electron chi connectivity index (χ4n) is 1.01. The lowest BCUT2D eigenvalue weighted by Gasteiger charge is -1.86. The maximum atomic E-state index is 12.1. The van der Waals surface area contributed by atoms with E-state index < -0.39 is 5.95 Å². The third-order valence-electron chi connectivity index (χ3n) is 1.90. The zero-order valence-corrected chi connectivity index (χ0v) is 9.20. The summed E-state index contributed by atoms with van der Waals surface area (Å²) in [5.41, 5.74) is 1.65. The van der Waals surface area contributed by atoms with Crippen LogP contribution in [0.1, 0.15) is 11.1 Å². The van der Waals surface area contributed by atoms with E-state index >= 15 is 0 Å². The summed E-state index contributed by atoms with van der Waals surface area (Å²) in [7, 11) is 0. The fourth-order valence-corrected chi connectivity index (χ4v) is 1.01. The Morgan fingerprint density at radius 1 is 1.31 bits per heavy atom. The van der Waals surface area contributed by atoms with Gasteiger partial charge in [-0.25, -0.2) is 4.98 Å². The number of aromatic nitrogens is 2. The first-order valence-corrected chi connectivity index (χ1v) is 4.82. The van der Waals surface area contributed by atoms with Crippen molar-refractivity contribution in [3.8, 4) is 0 Å². The zero-order valence-electron chi connectivity index (χ0n) is 9.20. The molecule has 4 heteroatoms. The van der Waals surface area contributed by atoms with Crippen molar-refractivity contribution in [2.75, 3.05) is 0 Å². The highest BCUT2D eigenvalue weighted by Gasteiger charge is 1.86. The maximum Gasteiger partial charge on any atom is 0.250 e. The third-order valence-corrected chi connectivity index (χ3v) is 1.90. The summed E-state index contributed by atoms with van der Waals surface area (Å²) >= 11 is 0. The molecule has 0 unspecified atom stereocenters. The molecule has 0 bridgehead atoms. The van der Waals surface area contributed by atoms with E-state index in [9.17, 15) is 9.18 Å². The van der Waals surface area contributed by atoms with Gasteiger partial charge in [0, 0.05) is 18.0 Å². The molecular formula is C12H13FN2O. The molecule has 0 amide bonds. The number of nitrogens with one attached hydrogen (secondary N) is 1. The van der Waals surface area contributed by atoms with Gasteiger partial charge in [0.15, 0.2) is 0 Å². The molecule has 2 rings (SSSR count). The van der Waals surface area contributed by atoms with Crippen LogP contribution >= 0.6 is 0 Å². The van der Waals surface area contributed by atoms with E-state index in [-0.39, 0.29) is 5.56 Å². The van der Waals surface area contributed by atoms with Gasteiger partial charge in [0.05, 0.1) is 0 Å². The first-order chi connectivity index (χ1) is 7.59. The van der Waals surface area contributed by atoms with E-state index in [1.165, 1.54) is 12.3 Å². The van der Waals surface area contributed by atoms with Crippen LogP contribution in [0.3, 0.4) is 0 Å². The molecule has 84 valence electrons. The molecule has 3 nitrogen and oxygen atoms in total. The monoisotopic (exact) mass is 220 g/mol. The first kappa shape index (κ1) is 12.1. The molecule has 2 heterocycles. The van der Waals surface area contributed by atoms with Gasteiger partial charge in [-0.2, -0.15) is 4.39 Å². The number of aromatic amines is 1. The van der Waals surface area contributed by atoms with Crippen molar-refractivity contribution < 1.29 is 4.39 Å². The number of nitrogens with zero attached hydrogens (tertiary/aromatic N) is 1. The second-order valence-corrected chi connectivity index (χ2v) is 3.34. The van der Waals surface area contributed by atoms with E-state index in [1.54, 1.807) is 31.3 Å². The smallest absolute Gasteiger partial charge is 0.250 e. The molecule has 1 N–H and O–H groups in total. The number of H-pyrrole nitrogens is 1. The Bertz CT molecular complexity index is 491. The lowest BCUT2D eigenvalue weighted by atomic mass is 10.3. The summed E-state index contributed by atoms with van der Waals surface area (Å²) < 4.78 is 12.1.